The van der Waals surface area contributed by atoms with Gasteiger partial charge in [-0.05, 0) is 19.9 Å². The van der Waals surface area contributed by atoms with E-state index in [9.17, 15) is 4.79 Å². The number of hydrogen-bond acceptors (Lipinski definition) is 3. The van der Waals surface area contributed by atoms with E-state index in [0.29, 0.717) is 10.7 Å². The van der Waals surface area contributed by atoms with Gasteiger partial charge in [-0.25, -0.2) is 5.43 Å². The van der Waals surface area contributed by atoms with Crippen molar-refractivity contribution in [1.82, 2.24) is 20.2 Å². The van der Waals surface area contributed by atoms with E-state index in [1.165, 1.54) is 0 Å². The molecule has 118 valence electrons. The second kappa shape index (κ2) is 6.26. The van der Waals surface area contributed by atoms with Crippen LogP contribution in [-0.4, -0.2) is 26.9 Å². The van der Waals surface area contributed by atoms with Crippen molar-refractivity contribution in [2.75, 3.05) is 0 Å². The summed E-state index contributed by atoms with van der Waals surface area (Å²) in [6.07, 6.45) is 3.46. The number of amides is 1. The lowest BCUT2D eigenvalue weighted by molar-refractivity contribution is -0.121. The quantitative estimate of drug-likeness (QED) is 0.570. The van der Waals surface area contributed by atoms with Crippen LogP contribution in [0.1, 0.15) is 17.0 Å². The average Bonchev–Trinajstić information content (AvgIpc) is 3.05. The molecule has 1 amide bonds. The Labute approximate surface area is 138 Å². The Kier molecular flexibility index (Phi) is 4.16. The number of nitrogens with zero attached hydrogens (tertiary/aromatic N) is 3. The van der Waals surface area contributed by atoms with E-state index in [1.54, 1.807) is 17.8 Å². The minimum Gasteiger partial charge on any atom is -0.361 e. The third kappa shape index (κ3) is 3.12. The molecule has 7 heteroatoms. The van der Waals surface area contributed by atoms with Crippen LogP contribution in [0.3, 0.4) is 0 Å². The van der Waals surface area contributed by atoms with Crippen molar-refractivity contribution in [2.24, 2.45) is 5.10 Å². The molecule has 1 aromatic carbocycles. The minimum atomic E-state index is -0.261. The Balaban J connectivity index is 1.65. The van der Waals surface area contributed by atoms with Crippen LogP contribution < -0.4 is 5.43 Å². The molecular formula is C16H16ClN5O. The fourth-order valence-corrected chi connectivity index (χ4v) is 2.51. The molecule has 3 aromatic rings. The molecule has 0 atom stereocenters. The number of carbonyl (C=O) groups excluding carboxylic acids is 1. The molecule has 0 aliphatic rings. The lowest BCUT2D eigenvalue weighted by atomic mass is 10.2. The van der Waals surface area contributed by atoms with Gasteiger partial charge in [-0.3, -0.25) is 9.48 Å². The summed E-state index contributed by atoms with van der Waals surface area (Å²) in [7, 11) is 0. The number of halogens is 1. The molecule has 2 heterocycles. The fourth-order valence-electron chi connectivity index (χ4n) is 2.37. The minimum absolute atomic E-state index is 0.0740. The lowest BCUT2D eigenvalue weighted by Crippen LogP contribution is -2.24. The van der Waals surface area contributed by atoms with Gasteiger partial charge in [-0.15, -0.1) is 0 Å². The van der Waals surface area contributed by atoms with E-state index in [2.05, 4.69) is 20.6 Å². The van der Waals surface area contributed by atoms with Crippen LogP contribution in [-0.2, 0) is 11.3 Å². The Morgan fingerprint density at radius 1 is 1.43 bits per heavy atom. The van der Waals surface area contributed by atoms with E-state index >= 15 is 0 Å². The standard InChI is InChI=1S/C16H16ClN5O/c1-10-16(17)11(2)22(21-10)9-15(23)20-19-8-12-7-18-14-6-4-3-5-13(12)14/h3-8,18H,9H2,1-2H3,(H,20,23)/b19-8+. The summed E-state index contributed by atoms with van der Waals surface area (Å²) in [5.41, 5.74) is 5.91. The van der Waals surface area contributed by atoms with Gasteiger partial charge in [0.2, 0.25) is 0 Å². The van der Waals surface area contributed by atoms with Crippen molar-refractivity contribution in [3.8, 4) is 0 Å². The number of aromatic amines is 1. The molecule has 0 fully saturated rings. The number of hydrazone groups is 1. The van der Waals surface area contributed by atoms with Gasteiger partial charge >= 0.3 is 0 Å². The van der Waals surface area contributed by atoms with Crippen LogP contribution >= 0.6 is 11.6 Å². The van der Waals surface area contributed by atoms with Gasteiger partial charge in [0, 0.05) is 22.7 Å². The van der Waals surface area contributed by atoms with Crippen molar-refractivity contribution in [2.45, 2.75) is 20.4 Å². The number of aryl methyl sites for hydroxylation is 1. The van der Waals surface area contributed by atoms with Gasteiger partial charge in [0.05, 0.1) is 22.6 Å². The topological polar surface area (TPSA) is 75.1 Å². The zero-order chi connectivity index (χ0) is 16.4. The van der Waals surface area contributed by atoms with Gasteiger partial charge in [0.15, 0.2) is 0 Å². The molecule has 0 spiro atoms. The monoisotopic (exact) mass is 329 g/mol. The van der Waals surface area contributed by atoms with Crippen molar-refractivity contribution < 1.29 is 4.79 Å². The summed E-state index contributed by atoms with van der Waals surface area (Å²) in [6, 6.07) is 7.89. The SMILES string of the molecule is Cc1nn(CC(=O)N/N=C/c2c[nH]c3ccccc23)c(C)c1Cl. The zero-order valence-corrected chi connectivity index (χ0v) is 13.6. The number of benzene rings is 1. The molecule has 0 aliphatic heterocycles. The number of fused-ring (bicyclic) bond motifs is 1. The number of rotatable bonds is 4. The number of aromatic nitrogens is 3. The highest BCUT2D eigenvalue weighted by atomic mass is 35.5. The first-order valence-corrected chi connectivity index (χ1v) is 7.51. The number of para-hydroxylation sites is 1. The highest BCUT2D eigenvalue weighted by Crippen LogP contribution is 2.18. The number of H-pyrrole nitrogens is 1. The van der Waals surface area contributed by atoms with Crippen molar-refractivity contribution in [3.63, 3.8) is 0 Å². The number of hydrogen-bond donors (Lipinski definition) is 2. The van der Waals surface area contributed by atoms with Gasteiger partial charge in [-0.2, -0.15) is 10.2 Å². The third-order valence-electron chi connectivity index (χ3n) is 3.60. The summed E-state index contributed by atoms with van der Waals surface area (Å²) in [5.74, 6) is -0.261. The van der Waals surface area contributed by atoms with E-state index < -0.39 is 0 Å². The predicted molar refractivity (Wildman–Crippen MR) is 90.7 cm³/mol. The van der Waals surface area contributed by atoms with Crippen LogP contribution in [0.2, 0.25) is 5.02 Å². The molecule has 0 bridgehead atoms. The first kappa shape index (κ1) is 15.3. The molecule has 0 unspecified atom stereocenters. The normalized spacial score (nSPS) is 11.4. The summed E-state index contributed by atoms with van der Waals surface area (Å²) in [6.45, 7) is 3.70. The van der Waals surface area contributed by atoms with E-state index in [-0.39, 0.29) is 12.5 Å². The zero-order valence-electron chi connectivity index (χ0n) is 12.8. The van der Waals surface area contributed by atoms with Crippen molar-refractivity contribution in [3.05, 3.63) is 52.4 Å². The van der Waals surface area contributed by atoms with E-state index in [4.69, 9.17) is 11.6 Å². The summed E-state index contributed by atoms with van der Waals surface area (Å²) >= 11 is 6.06. The Bertz CT molecular complexity index is 893. The highest BCUT2D eigenvalue weighted by molar-refractivity contribution is 6.31. The van der Waals surface area contributed by atoms with Gasteiger partial charge in [0.25, 0.3) is 5.91 Å². The molecule has 2 aromatic heterocycles. The maximum Gasteiger partial charge on any atom is 0.261 e. The Morgan fingerprint density at radius 2 is 2.22 bits per heavy atom. The molecule has 0 radical (unpaired) electrons. The lowest BCUT2D eigenvalue weighted by Gasteiger charge is -2.02. The van der Waals surface area contributed by atoms with Gasteiger partial charge in [0.1, 0.15) is 6.54 Å². The maximum absolute atomic E-state index is 11.9. The summed E-state index contributed by atoms with van der Waals surface area (Å²) in [4.78, 5) is 15.1. The predicted octanol–water partition coefficient (Wildman–Crippen LogP) is 2.78. The van der Waals surface area contributed by atoms with Crippen LogP contribution in [0.15, 0.2) is 35.6 Å². The molecule has 0 saturated heterocycles. The van der Waals surface area contributed by atoms with E-state index in [0.717, 1.165) is 22.2 Å². The van der Waals surface area contributed by atoms with Crippen LogP contribution in [0, 0.1) is 13.8 Å². The van der Waals surface area contributed by atoms with Crippen LogP contribution in [0.4, 0.5) is 0 Å². The summed E-state index contributed by atoms with van der Waals surface area (Å²) < 4.78 is 1.56. The van der Waals surface area contributed by atoms with Gasteiger partial charge in [-0.1, -0.05) is 29.8 Å². The second-order valence-electron chi connectivity index (χ2n) is 5.23. The first-order chi connectivity index (χ1) is 11.1. The summed E-state index contributed by atoms with van der Waals surface area (Å²) in [5, 5.41) is 9.85. The molecule has 0 aliphatic carbocycles. The molecule has 23 heavy (non-hydrogen) atoms. The molecule has 6 nitrogen and oxygen atoms in total. The fraction of sp³-hybridized carbons (Fsp3) is 0.188. The molecule has 2 N–H and O–H groups in total. The number of carbonyl (C=O) groups is 1. The second-order valence-corrected chi connectivity index (χ2v) is 5.60. The Hall–Kier alpha value is -2.60. The smallest absolute Gasteiger partial charge is 0.261 e. The van der Waals surface area contributed by atoms with Crippen LogP contribution in [0.5, 0.6) is 0 Å². The molecule has 0 saturated carbocycles. The van der Waals surface area contributed by atoms with E-state index in [1.807, 2.05) is 37.4 Å². The average molecular weight is 330 g/mol. The maximum atomic E-state index is 11.9. The first-order valence-electron chi connectivity index (χ1n) is 7.14. The largest absolute Gasteiger partial charge is 0.361 e. The Morgan fingerprint density at radius 3 is 2.96 bits per heavy atom. The molecule has 3 rings (SSSR count). The highest BCUT2D eigenvalue weighted by Gasteiger charge is 2.11. The number of nitrogens with one attached hydrogen (secondary N) is 2. The van der Waals surface area contributed by atoms with Gasteiger partial charge < -0.3 is 4.98 Å². The third-order valence-corrected chi connectivity index (χ3v) is 4.15. The van der Waals surface area contributed by atoms with Crippen molar-refractivity contribution >= 4 is 34.6 Å². The molecular weight excluding hydrogens is 314 g/mol. The van der Waals surface area contributed by atoms with Crippen LogP contribution in [0.25, 0.3) is 10.9 Å². The van der Waals surface area contributed by atoms with Crippen molar-refractivity contribution in [1.29, 1.82) is 0 Å².